The second-order valence-corrected chi connectivity index (χ2v) is 9.87. The monoisotopic (exact) mass is 448 g/mol. The number of nitrogens with zero attached hydrogens (tertiary/aromatic N) is 2. The van der Waals surface area contributed by atoms with E-state index in [4.69, 9.17) is 0 Å². The van der Waals surface area contributed by atoms with Crippen molar-refractivity contribution < 1.29 is 31.1 Å². The Morgan fingerprint density at radius 3 is 2.43 bits per heavy atom. The van der Waals surface area contributed by atoms with Crippen LogP contribution in [0.5, 0.6) is 5.75 Å². The third-order valence-electron chi connectivity index (χ3n) is 5.46. The molecule has 3 rings (SSSR count). The predicted octanol–water partition coefficient (Wildman–Crippen LogP) is 3.63. The highest BCUT2D eigenvalue weighted by Crippen LogP contribution is 2.32. The molecule has 10 heteroatoms. The molecule has 0 radical (unpaired) electrons. The number of hydrogen-bond donors (Lipinski definition) is 0. The molecule has 0 bridgehead atoms. The van der Waals surface area contributed by atoms with Crippen molar-refractivity contribution >= 4 is 15.9 Å². The number of carbonyl (C=O) groups is 1. The van der Waals surface area contributed by atoms with Gasteiger partial charge >= 0.3 is 6.36 Å². The molecule has 0 unspecified atom stereocenters. The maximum Gasteiger partial charge on any atom is 0.573 e. The third-order valence-corrected chi connectivity index (χ3v) is 7.36. The molecule has 1 heterocycles. The zero-order chi connectivity index (χ0) is 21.9. The maximum absolute atomic E-state index is 12.9. The van der Waals surface area contributed by atoms with Crippen molar-refractivity contribution in [3.8, 4) is 5.75 Å². The van der Waals surface area contributed by atoms with Crippen molar-refractivity contribution in [3.63, 3.8) is 0 Å². The molecule has 1 aliphatic carbocycles. The lowest BCUT2D eigenvalue weighted by Gasteiger charge is -2.33. The molecule has 1 aliphatic heterocycles. The van der Waals surface area contributed by atoms with E-state index in [9.17, 15) is 26.4 Å². The van der Waals surface area contributed by atoms with Gasteiger partial charge in [-0.05, 0) is 50.2 Å². The minimum absolute atomic E-state index is 0.0846. The second kappa shape index (κ2) is 9.13. The summed E-state index contributed by atoms with van der Waals surface area (Å²) in [6, 6.07) is 4.39. The van der Waals surface area contributed by atoms with Crippen molar-refractivity contribution in [2.75, 3.05) is 26.2 Å². The second-order valence-electron chi connectivity index (χ2n) is 7.93. The molecule has 0 N–H and O–H groups in total. The highest BCUT2D eigenvalue weighted by Gasteiger charge is 2.36. The van der Waals surface area contributed by atoms with Gasteiger partial charge in [-0.25, -0.2) is 8.42 Å². The first-order valence-electron chi connectivity index (χ1n) is 10.2. The van der Waals surface area contributed by atoms with E-state index >= 15 is 0 Å². The zero-order valence-corrected chi connectivity index (χ0v) is 17.7. The number of hydrogen-bond acceptors (Lipinski definition) is 4. The first-order chi connectivity index (χ1) is 14.1. The van der Waals surface area contributed by atoms with E-state index in [2.05, 4.69) is 4.74 Å². The molecule has 0 aromatic heterocycles. The van der Waals surface area contributed by atoms with Crippen LogP contribution in [0.15, 0.2) is 29.2 Å². The SMILES string of the molecule is CCCN(CC1CC1)C(=O)C1CCN(S(=O)(=O)c2cccc(OC(F)(F)F)c2)CC1. The molecular formula is C20H27F3N2O4S. The van der Waals surface area contributed by atoms with Gasteiger partial charge in [-0.2, -0.15) is 4.31 Å². The van der Waals surface area contributed by atoms with Gasteiger partial charge in [0, 0.05) is 38.2 Å². The maximum atomic E-state index is 12.9. The Morgan fingerprint density at radius 2 is 1.87 bits per heavy atom. The average molecular weight is 449 g/mol. The number of amides is 1. The molecule has 1 amide bonds. The number of alkyl halides is 3. The summed E-state index contributed by atoms with van der Waals surface area (Å²) in [7, 11) is -3.97. The number of sulfonamides is 1. The van der Waals surface area contributed by atoms with Gasteiger partial charge in [-0.3, -0.25) is 4.79 Å². The van der Waals surface area contributed by atoms with E-state index < -0.39 is 22.1 Å². The third kappa shape index (κ3) is 5.87. The van der Waals surface area contributed by atoms with Gasteiger partial charge in [-0.1, -0.05) is 13.0 Å². The molecule has 1 aromatic rings. The first kappa shape index (κ1) is 22.9. The number of piperidine rings is 1. The standard InChI is InChI=1S/C20H27F3N2O4S/c1-2-10-24(14-15-6-7-15)19(26)16-8-11-25(12-9-16)30(27,28)18-5-3-4-17(13-18)29-20(21,22)23/h3-5,13,15-16H,2,6-12,14H2,1H3. The Kier molecular flexibility index (Phi) is 6.96. The largest absolute Gasteiger partial charge is 0.573 e. The van der Waals surface area contributed by atoms with Gasteiger partial charge in [0.25, 0.3) is 0 Å². The van der Waals surface area contributed by atoms with Crippen molar-refractivity contribution in [2.45, 2.75) is 50.3 Å². The van der Waals surface area contributed by atoms with E-state index in [1.165, 1.54) is 16.4 Å². The molecule has 2 aliphatic rings. The van der Waals surface area contributed by atoms with Crippen molar-refractivity contribution in [1.29, 1.82) is 0 Å². The molecule has 1 saturated carbocycles. The highest BCUT2D eigenvalue weighted by atomic mass is 32.2. The number of benzene rings is 1. The van der Waals surface area contributed by atoms with Gasteiger partial charge in [-0.15, -0.1) is 13.2 Å². The van der Waals surface area contributed by atoms with Crippen LogP contribution in [0, 0.1) is 11.8 Å². The minimum Gasteiger partial charge on any atom is -0.406 e. The van der Waals surface area contributed by atoms with Gasteiger partial charge in [0.05, 0.1) is 4.90 Å². The van der Waals surface area contributed by atoms with Crippen LogP contribution in [0.2, 0.25) is 0 Å². The molecule has 1 aromatic carbocycles. The number of carbonyl (C=O) groups excluding carboxylic acids is 1. The topological polar surface area (TPSA) is 66.9 Å². The summed E-state index contributed by atoms with van der Waals surface area (Å²) in [4.78, 5) is 14.5. The number of halogens is 3. The molecule has 1 saturated heterocycles. The average Bonchev–Trinajstić information content (AvgIpc) is 3.50. The summed E-state index contributed by atoms with van der Waals surface area (Å²) >= 11 is 0. The molecule has 2 fully saturated rings. The minimum atomic E-state index is -4.90. The van der Waals surface area contributed by atoms with Crippen LogP contribution in [-0.4, -0.2) is 56.1 Å². The molecule has 6 nitrogen and oxygen atoms in total. The quantitative estimate of drug-likeness (QED) is 0.609. The van der Waals surface area contributed by atoms with E-state index in [1.54, 1.807) is 0 Å². The smallest absolute Gasteiger partial charge is 0.406 e. The lowest BCUT2D eigenvalue weighted by Crippen LogP contribution is -2.45. The fourth-order valence-electron chi connectivity index (χ4n) is 3.76. The van der Waals surface area contributed by atoms with Crippen molar-refractivity contribution in [1.82, 2.24) is 9.21 Å². The lowest BCUT2D eigenvalue weighted by atomic mass is 9.96. The van der Waals surface area contributed by atoms with Gasteiger partial charge in [0.1, 0.15) is 5.75 Å². The molecule has 0 atom stereocenters. The predicted molar refractivity (Wildman–Crippen MR) is 104 cm³/mol. The van der Waals surface area contributed by atoms with Crippen LogP contribution < -0.4 is 4.74 Å². The molecular weight excluding hydrogens is 421 g/mol. The zero-order valence-electron chi connectivity index (χ0n) is 16.9. The Balaban J connectivity index is 1.63. The summed E-state index contributed by atoms with van der Waals surface area (Å²) in [5, 5.41) is 0. The Labute approximate surface area is 175 Å². The fourth-order valence-corrected chi connectivity index (χ4v) is 5.26. The fraction of sp³-hybridized carbons (Fsp3) is 0.650. The van der Waals surface area contributed by atoms with Crippen LogP contribution in [-0.2, 0) is 14.8 Å². The normalized spacial score (nSPS) is 18.9. The molecule has 0 spiro atoms. The van der Waals surface area contributed by atoms with Gasteiger partial charge in [0.15, 0.2) is 0 Å². The summed E-state index contributed by atoms with van der Waals surface area (Å²) < 4.78 is 68.1. The Morgan fingerprint density at radius 1 is 1.20 bits per heavy atom. The Bertz CT molecular complexity index is 848. The van der Waals surface area contributed by atoms with Crippen LogP contribution in [0.4, 0.5) is 13.2 Å². The molecule has 30 heavy (non-hydrogen) atoms. The van der Waals surface area contributed by atoms with E-state index in [0.29, 0.717) is 25.3 Å². The van der Waals surface area contributed by atoms with Gasteiger partial charge in [0.2, 0.25) is 15.9 Å². The van der Waals surface area contributed by atoms with Crippen molar-refractivity contribution in [2.24, 2.45) is 11.8 Å². The summed E-state index contributed by atoms with van der Waals surface area (Å²) in [5.74, 6) is -0.126. The number of ether oxygens (including phenoxy) is 1. The van der Waals surface area contributed by atoms with Crippen LogP contribution in [0.25, 0.3) is 0 Å². The van der Waals surface area contributed by atoms with E-state index in [0.717, 1.165) is 37.9 Å². The number of rotatable bonds is 8. The first-order valence-corrected chi connectivity index (χ1v) is 11.7. The van der Waals surface area contributed by atoms with Gasteiger partial charge < -0.3 is 9.64 Å². The van der Waals surface area contributed by atoms with E-state index in [-0.39, 0.29) is 29.8 Å². The summed E-state index contributed by atoms with van der Waals surface area (Å²) in [6.07, 6.45) is -0.903. The van der Waals surface area contributed by atoms with Crippen LogP contribution in [0.3, 0.4) is 0 Å². The molecule has 168 valence electrons. The summed E-state index contributed by atoms with van der Waals surface area (Å²) in [6.45, 7) is 3.83. The summed E-state index contributed by atoms with van der Waals surface area (Å²) in [5.41, 5.74) is 0. The van der Waals surface area contributed by atoms with E-state index in [1.807, 2.05) is 11.8 Å². The van der Waals surface area contributed by atoms with Crippen molar-refractivity contribution in [3.05, 3.63) is 24.3 Å². The lowest BCUT2D eigenvalue weighted by molar-refractivity contribution is -0.274. The van der Waals surface area contributed by atoms with Crippen LogP contribution in [0.1, 0.15) is 39.0 Å². The highest BCUT2D eigenvalue weighted by molar-refractivity contribution is 7.89. The van der Waals surface area contributed by atoms with Crippen LogP contribution >= 0.6 is 0 Å². The Hall–Kier alpha value is -1.81.